The van der Waals surface area contributed by atoms with E-state index in [0.717, 1.165) is 12.2 Å². The maximum atomic E-state index is 5.72. The zero-order chi connectivity index (χ0) is 13.0. The van der Waals surface area contributed by atoms with Crippen LogP contribution in [0.1, 0.15) is 30.5 Å². The Morgan fingerprint density at radius 2 is 2.06 bits per heavy atom. The Labute approximate surface area is 109 Å². The van der Waals surface area contributed by atoms with Gasteiger partial charge in [0.25, 0.3) is 0 Å². The Kier molecular flexibility index (Phi) is 4.94. The summed E-state index contributed by atoms with van der Waals surface area (Å²) >= 11 is 5.03. The zero-order valence-corrected chi connectivity index (χ0v) is 11.9. The van der Waals surface area contributed by atoms with Crippen molar-refractivity contribution in [2.75, 3.05) is 6.61 Å². The van der Waals surface area contributed by atoms with Crippen molar-refractivity contribution in [1.82, 2.24) is 0 Å². The zero-order valence-electron chi connectivity index (χ0n) is 11.0. The fourth-order valence-corrected chi connectivity index (χ4v) is 2.06. The normalized spacial score (nSPS) is 12.2. The lowest BCUT2D eigenvalue weighted by molar-refractivity contribution is 0.333. The van der Waals surface area contributed by atoms with E-state index in [1.165, 1.54) is 16.7 Å². The fourth-order valence-electron chi connectivity index (χ4n) is 1.98. The summed E-state index contributed by atoms with van der Waals surface area (Å²) < 4.78 is 5.72. The van der Waals surface area contributed by atoms with Crippen LogP contribution in [0.5, 0.6) is 5.75 Å². The minimum Gasteiger partial charge on any atom is -0.493 e. The van der Waals surface area contributed by atoms with Crippen molar-refractivity contribution in [3.63, 3.8) is 0 Å². The molecule has 0 aromatic heterocycles. The third kappa shape index (κ3) is 3.70. The van der Waals surface area contributed by atoms with E-state index in [9.17, 15) is 0 Å². The maximum absolute atomic E-state index is 5.72. The van der Waals surface area contributed by atoms with E-state index >= 15 is 0 Å². The van der Waals surface area contributed by atoms with Crippen LogP contribution in [0, 0.1) is 19.8 Å². The van der Waals surface area contributed by atoms with Gasteiger partial charge in [0.2, 0.25) is 0 Å². The van der Waals surface area contributed by atoms with Crippen LogP contribution in [-0.4, -0.2) is 11.6 Å². The number of thiocarbonyl (C=S) groups is 1. The van der Waals surface area contributed by atoms with Gasteiger partial charge >= 0.3 is 0 Å². The number of hydrogen-bond acceptors (Lipinski definition) is 2. The standard InChI is InChI=1S/C14H21NOS/c1-5-16-13-10(3)6-9(2)7-12(13)8-11(4)14(15)17/h6-7,11H,5,8H2,1-4H3,(H2,15,17). The molecule has 0 heterocycles. The van der Waals surface area contributed by atoms with Crippen molar-refractivity contribution in [1.29, 1.82) is 0 Å². The van der Waals surface area contributed by atoms with Crippen LogP contribution in [0.4, 0.5) is 0 Å². The van der Waals surface area contributed by atoms with Crippen LogP contribution >= 0.6 is 12.2 Å². The summed E-state index contributed by atoms with van der Waals surface area (Å²) in [5.41, 5.74) is 9.30. The molecular formula is C14H21NOS. The summed E-state index contributed by atoms with van der Waals surface area (Å²) in [6.07, 6.45) is 0.840. The van der Waals surface area contributed by atoms with Gasteiger partial charge in [-0.1, -0.05) is 36.8 Å². The molecule has 0 saturated heterocycles. The van der Waals surface area contributed by atoms with Crippen molar-refractivity contribution in [2.24, 2.45) is 11.7 Å². The first kappa shape index (κ1) is 14.0. The van der Waals surface area contributed by atoms with E-state index in [0.29, 0.717) is 11.6 Å². The average molecular weight is 251 g/mol. The molecule has 0 radical (unpaired) electrons. The van der Waals surface area contributed by atoms with E-state index < -0.39 is 0 Å². The second-order valence-electron chi connectivity index (χ2n) is 4.51. The second kappa shape index (κ2) is 6.01. The lowest BCUT2D eigenvalue weighted by Crippen LogP contribution is -2.20. The predicted molar refractivity (Wildman–Crippen MR) is 76.7 cm³/mol. The number of aryl methyl sites for hydroxylation is 2. The first-order valence-corrected chi connectivity index (χ1v) is 6.38. The van der Waals surface area contributed by atoms with Crippen molar-refractivity contribution in [2.45, 2.75) is 34.1 Å². The molecule has 0 aliphatic heterocycles. The third-order valence-corrected chi connectivity index (χ3v) is 3.20. The first-order valence-electron chi connectivity index (χ1n) is 5.98. The van der Waals surface area contributed by atoms with E-state index in [2.05, 4.69) is 32.9 Å². The SMILES string of the molecule is CCOc1c(C)cc(C)cc1CC(C)C(N)=S. The molecule has 1 atom stereocenters. The summed E-state index contributed by atoms with van der Waals surface area (Å²) in [4.78, 5) is 0.562. The number of rotatable bonds is 5. The Morgan fingerprint density at radius 1 is 1.41 bits per heavy atom. The van der Waals surface area contributed by atoms with Gasteiger partial charge in [0.1, 0.15) is 5.75 Å². The highest BCUT2D eigenvalue weighted by Gasteiger charge is 2.13. The molecule has 0 aliphatic rings. The minimum absolute atomic E-state index is 0.199. The monoisotopic (exact) mass is 251 g/mol. The van der Waals surface area contributed by atoms with Crippen LogP contribution in [-0.2, 0) is 6.42 Å². The molecular weight excluding hydrogens is 230 g/mol. The smallest absolute Gasteiger partial charge is 0.125 e. The van der Waals surface area contributed by atoms with Crippen LogP contribution in [0.3, 0.4) is 0 Å². The Bertz CT molecular complexity index is 415. The average Bonchev–Trinajstić information content (AvgIpc) is 2.22. The van der Waals surface area contributed by atoms with Gasteiger partial charge in [-0.25, -0.2) is 0 Å². The molecule has 94 valence electrons. The fraction of sp³-hybridized carbons (Fsp3) is 0.500. The number of ether oxygens (including phenoxy) is 1. The van der Waals surface area contributed by atoms with Gasteiger partial charge in [-0.3, -0.25) is 0 Å². The van der Waals surface area contributed by atoms with Crippen LogP contribution < -0.4 is 10.5 Å². The minimum atomic E-state index is 0.199. The number of nitrogens with two attached hydrogens (primary N) is 1. The Balaban J connectivity index is 3.07. The van der Waals surface area contributed by atoms with E-state index in [1.54, 1.807) is 0 Å². The lowest BCUT2D eigenvalue weighted by atomic mass is 9.96. The van der Waals surface area contributed by atoms with Gasteiger partial charge in [0, 0.05) is 5.92 Å². The van der Waals surface area contributed by atoms with Gasteiger partial charge < -0.3 is 10.5 Å². The summed E-state index contributed by atoms with van der Waals surface area (Å²) in [5, 5.41) is 0. The molecule has 3 heteroatoms. The molecule has 1 unspecified atom stereocenters. The molecule has 0 aliphatic carbocycles. The highest BCUT2D eigenvalue weighted by atomic mass is 32.1. The van der Waals surface area contributed by atoms with Gasteiger partial charge in [0.15, 0.2) is 0 Å². The van der Waals surface area contributed by atoms with Crippen LogP contribution in [0.25, 0.3) is 0 Å². The molecule has 0 spiro atoms. The van der Waals surface area contributed by atoms with Crippen molar-refractivity contribution in [3.8, 4) is 5.75 Å². The second-order valence-corrected chi connectivity index (χ2v) is 4.98. The van der Waals surface area contributed by atoms with Gasteiger partial charge in [-0.15, -0.1) is 0 Å². The number of benzene rings is 1. The van der Waals surface area contributed by atoms with E-state index in [1.807, 2.05) is 6.92 Å². The topological polar surface area (TPSA) is 35.2 Å². The summed E-state index contributed by atoms with van der Waals surface area (Å²) in [5.74, 6) is 1.19. The largest absolute Gasteiger partial charge is 0.493 e. The van der Waals surface area contributed by atoms with Gasteiger partial charge in [-0.2, -0.15) is 0 Å². The molecule has 17 heavy (non-hydrogen) atoms. The quantitative estimate of drug-likeness (QED) is 0.816. The van der Waals surface area contributed by atoms with Crippen LogP contribution in [0.15, 0.2) is 12.1 Å². The maximum Gasteiger partial charge on any atom is 0.125 e. The number of hydrogen-bond donors (Lipinski definition) is 1. The highest BCUT2D eigenvalue weighted by molar-refractivity contribution is 7.80. The summed E-state index contributed by atoms with van der Waals surface area (Å²) in [7, 11) is 0. The predicted octanol–water partition coefficient (Wildman–Crippen LogP) is 3.17. The lowest BCUT2D eigenvalue weighted by Gasteiger charge is -2.17. The van der Waals surface area contributed by atoms with Gasteiger partial charge in [-0.05, 0) is 38.3 Å². The molecule has 0 bridgehead atoms. The van der Waals surface area contributed by atoms with Crippen molar-refractivity contribution < 1.29 is 4.74 Å². The van der Waals surface area contributed by atoms with E-state index in [4.69, 9.17) is 22.7 Å². The molecule has 1 rings (SSSR count). The molecule has 0 saturated carbocycles. The van der Waals surface area contributed by atoms with Gasteiger partial charge in [0.05, 0.1) is 11.6 Å². The van der Waals surface area contributed by atoms with Crippen molar-refractivity contribution >= 4 is 17.2 Å². The first-order chi connectivity index (χ1) is 7.95. The molecule has 0 amide bonds. The Morgan fingerprint density at radius 3 is 2.59 bits per heavy atom. The molecule has 1 aromatic rings. The highest BCUT2D eigenvalue weighted by Crippen LogP contribution is 2.27. The third-order valence-electron chi connectivity index (χ3n) is 2.80. The molecule has 0 fully saturated rings. The van der Waals surface area contributed by atoms with Crippen molar-refractivity contribution in [3.05, 3.63) is 28.8 Å². The summed E-state index contributed by atoms with van der Waals surface area (Å²) in [6, 6.07) is 4.30. The Hall–Kier alpha value is -1.09. The molecule has 1 aromatic carbocycles. The summed E-state index contributed by atoms with van der Waals surface area (Å²) in [6.45, 7) is 8.90. The van der Waals surface area contributed by atoms with E-state index in [-0.39, 0.29) is 5.92 Å². The molecule has 2 N–H and O–H groups in total. The molecule has 2 nitrogen and oxygen atoms in total. The van der Waals surface area contributed by atoms with Crippen LogP contribution in [0.2, 0.25) is 0 Å².